The summed E-state index contributed by atoms with van der Waals surface area (Å²) in [6.07, 6.45) is 0.860. The third-order valence-electron chi connectivity index (χ3n) is 2.67. The molecule has 0 amide bonds. The molecule has 0 aliphatic heterocycles. The highest BCUT2D eigenvalue weighted by Gasteiger charge is 2.11. The van der Waals surface area contributed by atoms with Crippen molar-refractivity contribution in [1.82, 2.24) is 5.32 Å². The summed E-state index contributed by atoms with van der Waals surface area (Å²) in [4.78, 5) is 0. The van der Waals surface area contributed by atoms with Gasteiger partial charge < -0.3 is 10.1 Å². The van der Waals surface area contributed by atoms with Crippen LogP contribution in [0, 0.1) is 11.6 Å². The molecule has 1 N–H and O–H groups in total. The predicted molar refractivity (Wildman–Crippen MR) is 63.9 cm³/mol. The number of hydrogen-bond donors (Lipinski definition) is 1. The molecular weight excluding hydrogens is 224 g/mol. The van der Waals surface area contributed by atoms with Crippen molar-refractivity contribution in [3.63, 3.8) is 0 Å². The lowest BCUT2D eigenvalue weighted by Gasteiger charge is -2.20. The first kappa shape index (κ1) is 14.1. The van der Waals surface area contributed by atoms with E-state index in [0.29, 0.717) is 12.2 Å². The maximum atomic E-state index is 13.0. The Bertz CT molecular complexity index is 337. The molecule has 0 spiro atoms. The van der Waals surface area contributed by atoms with Crippen LogP contribution < -0.4 is 5.32 Å². The van der Waals surface area contributed by atoms with Crippen molar-refractivity contribution in [3.05, 3.63) is 35.4 Å². The average molecular weight is 243 g/mol. The van der Waals surface area contributed by atoms with E-state index < -0.39 is 11.6 Å². The van der Waals surface area contributed by atoms with Crippen molar-refractivity contribution in [2.75, 3.05) is 13.7 Å². The lowest BCUT2D eigenvalue weighted by Crippen LogP contribution is -2.30. The zero-order valence-electron chi connectivity index (χ0n) is 10.5. The van der Waals surface area contributed by atoms with Gasteiger partial charge in [-0.1, -0.05) is 0 Å². The number of hydrogen-bond acceptors (Lipinski definition) is 2. The summed E-state index contributed by atoms with van der Waals surface area (Å²) in [5.74, 6) is -1.09. The van der Waals surface area contributed by atoms with Crippen molar-refractivity contribution < 1.29 is 13.5 Å². The molecule has 1 rings (SSSR count). The highest BCUT2D eigenvalue weighted by atomic mass is 19.1. The van der Waals surface area contributed by atoms with Gasteiger partial charge in [0.15, 0.2) is 0 Å². The smallest absolute Gasteiger partial charge is 0.126 e. The molecule has 2 nitrogen and oxygen atoms in total. The lowest BCUT2D eigenvalue weighted by atomic mass is 10.1. The maximum Gasteiger partial charge on any atom is 0.126 e. The van der Waals surface area contributed by atoms with Crippen LogP contribution in [-0.4, -0.2) is 19.8 Å². The Morgan fingerprint density at radius 3 is 2.29 bits per heavy atom. The number of ether oxygens (including phenoxy) is 1. The van der Waals surface area contributed by atoms with E-state index in [1.165, 1.54) is 12.1 Å². The first-order valence-electron chi connectivity index (χ1n) is 5.74. The van der Waals surface area contributed by atoms with Gasteiger partial charge >= 0.3 is 0 Å². The number of benzene rings is 1. The molecule has 0 fully saturated rings. The summed E-state index contributed by atoms with van der Waals surface area (Å²) in [5.41, 5.74) is 0.617. The van der Waals surface area contributed by atoms with E-state index in [1.807, 2.05) is 13.8 Å². The van der Waals surface area contributed by atoms with Gasteiger partial charge in [0, 0.05) is 31.9 Å². The van der Waals surface area contributed by atoms with Crippen LogP contribution in [0.25, 0.3) is 0 Å². The predicted octanol–water partition coefficient (Wildman–Crippen LogP) is 3.04. The quantitative estimate of drug-likeness (QED) is 0.829. The Morgan fingerprint density at radius 2 is 1.76 bits per heavy atom. The summed E-state index contributed by atoms with van der Waals surface area (Å²) in [6, 6.07) is 3.72. The molecule has 0 bridgehead atoms. The Kier molecular flexibility index (Phi) is 5.51. The molecule has 17 heavy (non-hydrogen) atoms. The van der Waals surface area contributed by atoms with Crippen LogP contribution in [-0.2, 0) is 4.74 Å². The Hall–Kier alpha value is -1.00. The van der Waals surface area contributed by atoms with Gasteiger partial charge in [-0.2, -0.15) is 0 Å². The molecule has 2 unspecified atom stereocenters. The molecule has 2 atom stereocenters. The van der Waals surface area contributed by atoms with Gasteiger partial charge in [0.05, 0.1) is 0 Å². The Balaban J connectivity index is 2.59. The van der Waals surface area contributed by atoms with E-state index in [9.17, 15) is 8.78 Å². The SMILES string of the molecule is COCCC(C)NC(C)c1cc(F)cc(F)c1. The fourth-order valence-electron chi connectivity index (χ4n) is 1.73. The second kappa shape index (κ2) is 6.67. The minimum Gasteiger partial charge on any atom is -0.385 e. The third kappa shape index (κ3) is 4.79. The zero-order valence-corrected chi connectivity index (χ0v) is 10.5. The van der Waals surface area contributed by atoms with Crippen molar-refractivity contribution >= 4 is 0 Å². The van der Waals surface area contributed by atoms with Gasteiger partial charge in [-0.3, -0.25) is 0 Å². The van der Waals surface area contributed by atoms with E-state index in [-0.39, 0.29) is 12.1 Å². The standard InChI is InChI=1S/C13H19F2NO/c1-9(4-5-17-3)16-10(2)11-6-12(14)8-13(15)7-11/h6-10,16H,4-5H2,1-3H3. The molecule has 1 aromatic carbocycles. The molecule has 0 saturated heterocycles. The first-order chi connectivity index (χ1) is 8.02. The fraction of sp³-hybridized carbons (Fsp3) is 0.538. The van der Waals surface area contributed by atoms with Gasteiger partial charge in [0.1, 0.15) is 11.6 Å². The monoisotopic (exact) mass is 243 g/mol. The third-order valence-corrected chi connectivity index (χ3v) is 2.67. The van der Waals surface area contributed by atoms with Crippen molar-refractivity contribution in [1.29, 1.82) is 0 Å². The zero-order chi connectivity index (χ0) is 12.8. The average Bonchev–Trinajstić information content (AvgIpc) is 2.25. The van der Waals surface area contributed by atoms with Crippen LogP contribution in [0.3, 0.4) is 0 Å². The first-order valence-corrected chi connectivity index (χ1v) is 5.74. The number of halogens is 2. The van der Waals surface area contributed by atoms with Gasteiger partial charge in [0.2, 0.25) is 0 Å². The topological polar surface area (TPSA) is 21.3 Å². The van der Waals surface area contributed by atoms with Gasteiger partial charge in [-0.15, -0.1) is 0 Å². The van der Waals surface area contributed by atoms with E-state index in [0.717, 1.165) is 12.5 Å². The number of nitrogens with one attached hydrogen (secondary N) is 1. The summed E-state index contributed by atoms with van der Waals surface area (Å²) >= 11 is 0. The van der Waals surface area contributed by atoms with Crippen molar-refractivity contribution in [2.24, 2.45) is 0 Å². The molecule has 0 radical (unpaired) electrons. The molecular formula is C13H19F2NO. The number of methoxy groups -OCH3 is 1. The summed E-state index contributed by atoms with van der Waals surface area (Å²) < 4.78 is 31.1. The molecule has 0 heterocycles. The van der Waals surface area contributed by atoms with Crippen LogP contribution in [0.5, 0.6) is 0 Å². The molecule has 0 aliphatic carbocycles. The van der Waals surface area contributed by atoms with E-state index in [2.05, 4.69) is 5.32 Å². The second-order valence-corrected chi connectivity index (χ2v) is 4.27. The van der Waals surface area contributed by atoms with Gasteiger partial charge in [-0.05, 0) is 38.0 Å². The van der Waals surface area contributed by atoms with Crippen LogP contribution in [0.15, 0.2) is 18.2 Å². The van der Waals surface area contributed by atoms with Crippen molar-refractivity contribution in [3.8, 4) is 0 Å². The minimum atomic E-state index is -0.543. The lowest BCUT2D eigenvalue weighted by molar-refractivity contribution is 0.183. The molecule has 1 aromatic rings. The van der Waals surface area contributed by atoms with Gasteiger partial charge in [-0.25, -0.2) is 8.78 Å². The van der Waals surface area contributed by atoms with E-state index >= 15 is 0 Å². The highest BCUT2D eigenvalue weighted by molar-refractivity contribution is 5.20. The summed E-state index contributed by atoms with van der Waals surface area (Å²) in [6.45, 7) is 4.57. The second-order valence-electron chi connectivity index (χ2n) is 4.27. The van der Waals surface area contributed by atoms with E-state index in [4.69, 9.17) is 4.74 Å². The summed E-state index contributed by atoms with van der Waals surface area (Å²) in [7, 11) is 1.65. The minimum absolute atomic E-state index is 0.0907. The van der Waals surface area contributed by atoms with Crippen LogP contribution in [0.4, 0.5) is 8.78 Å². The molecule has 0 aliphatic rings. The van der Waals surface area contributed by atoms with Crippen molar-refractivity contribution in [2.45, 2.75) is 32.4 Å². The van der Waals surface area contributed by atoms with Crippen LogP contribution in [0.1, 0.15) is 31.9 Å². The largest absolute Gasteiger partial charge is 0.385 e. The normalized spacial score (nSPS) is 14.6. The Morgan fingerprint density at radius 1 is 1.18 bits per heavy atom. The fourth-order valence-corrected chi connectivity index (χ4v) is 1.73. The maximum absolute atomic E-state index is 13.0. The number of rotatable bonds is 6. The van der Waals surface area contributed by atoms with Gasteiger partial charge in [0.25, 0.3) is 0 Å². The molecule has 4 heteroatoms. The van der Waals surface area contributed by atoms with Crippen LogP contribution >= 0.6 is 0 Å². The summed E-state index contributed by atoms with van der Waals surface area (Å²) in [5, 5.41) is 3.27. The highest BCUT2D eigenvalue weighted by Crippen LogP contribution is 2.16. The van der Waals surface area contributed by atoms with Crippen LogP contribution in [0.2, 0.25) is 0 Å². The molecule has 0 aromatic heterocycles. The Labute approximate surface area is 101 Å². The molecule has 0 saturated carbocycles. The molecule has 96 valence electrons. The van der Waals surface area contributed by atoms with E-state index in [1.54, 1.807) is 7.11 Å².